The van der Waals surface area contributed by atoms with E-state index in [4.69, 9.17) is 0 Å². The van der Waals surface area contributed by atoms with E-state index in [1.165, 1.54) is 11.8 Å². The van der Waals surface area contributed by atoms with E-state index in [1.54, 1.807) is 12.1 Å². The molecule has 0 saturated heterocycles. The Labute approximate surface area is 189 Å². The number of nitrogens with zero attached hydrogens (tertiary/aromatic N) is 2. The number of amides is 1. The highest BCUT2D eigenvalue weighted by Crippen LogP contribution is 2.27. The van der Waals surface area contributed by atoms with E-state index < -0.39 is 10.8 Å². The highest BCUT2D eigenvalue weighted by atomic mass is 32.2. The fourth-order valence-electron chi connectivity index (χ4n) is 3.36. The van der Waals surface area contributed by atoms with Gasteiger partial charge in [-0.05, 0) is 29.3 Å². The lowest BCUT2D eigenvalue weighted by Gasteiger charge is -2.15. The molecule has 0 spiro atoms. The van der Waals surface area contributed by atoms with E-state index in [1.807, 2.05) is 73.7 Å². The van der Waals surface area contributed by atoms with Gasteiger partial charge in [0, 0.05) is 11.3 Å². The number of aromatic nitrogens is 2. The van der Waals surface area contributed by atoms with Crippen LogP contribution in [0.2, 0.25) is 0 Å². The fourth-order valence-corrected chi connectivity index (χ4v) is 4.26. The lowest BCUT2D eigenvalue weighted by Crippen LogP contribution is -2.25. The Balaban J connectivity index is 1.59. The molecule has 2 N–H and O–H groups in total. The average molecular weight is 441 g/mol. The second kappa shape index (κ2) is 9.50. The molecule has 0 saturated carbocycles. The zero-order valence-corrected chi connectivity index (χ0v) is 18.1. The molecule has 0 unspecified atom stereocenters. The molecule has 0 aliphatic heterocycles. The van der Waals surface area contributed by atoms with Crippen LogP contribution in [0.3, 0.4) is 0 Å². The molecule has 1 amide bonds. The summed E-state index contributed by atoms with van der Waals surface area (Å²) < 4.78 is 0. The van der Waals surface area contributed by atoms with Crippen molar-refractivity contribution in [3.63, 3.8) is 0 Å². The van der Waals surface area contributed by atoms with Crippen LogP contribution >= 0.6 is 11.8 Å². The van der Waals surface area contributed by atoms with E-state index in [0.717, 1.165) is 10.8 Å². The number of fused-ring (bicyclic) bond motifs is 1. The topological polar surface area (TPSA) is 98.6 Å². The standard InChI is InChI=1S/C25H20N4O2S/c1-2-21(24(31)27-19-13-12-16-8-6-7-11-18(16)14-19)32-25-28-22(17-9-4-3-5-10-17)20(15-26)23(30)29-25/h3-14,21H,2H2,1H3,(H,27,31)(H,28,29,30)/t21-/m0/s1. The number of hydrogen-bond donors (Lipinski definition) is 2. The number of nitrogens with one attached hydrogen (secondary N) is 2. The molecule has 6 nitrogen and oxygen atoms in total. The number of carbonyl (C=O) groups is 1. The second-order valence-electron chi connectivity index (χ2n) is 7.14. The molecule has 0 aliphatic rings. The number of nitriles is 1. The number of H-pyrrole nitrogens is 1. The summed E-state index contributed by atoms with van der Waals surface area (Å²) in [6.07, 6.45) is 0.536. The first-order chi connectivity index (χ1) is 15.6. The predicted octanol–water partition coefficient (Wildman–Crippen LogP) is 4.97. The van der Waals surface area contributed by atoms with Crippen LogP contribution in [0.5, 0.6) is 0 Å². The maximum atomic E-state index is 12.9. The zero-order chi connectivity index (χ0) is 22.5. The van der Waals surface area contributed by atoms with E-state index in [0.29, 0.717) is 28.5 Å². The average Bonchev–Trinajstić information content (AvgIpc) is 2.82. The Morgan fingerprint density at radius 2 is 1.81 bits per heavy atom. The van der Waals surface area contributed by atoms with Crippen molar-refractivity contribution in [1.29, 1.82) is 5.26 Å². The molecule has 4 aromatic rings. The molecule has 158 valence electrons. The number of aromatic amines is 1. The molecule has 4 rings (SSSR count). The van der Waals surface area contributed by atoms with Crippen LogP contribution in [0.15, 0.2) is 82.7 Å². The number of carbonyl (C=O) groups excluding carboxylic acids is 1. The van der Waals surface area contributed by atoms with Crippen LogP contribution < -0.4 is 10.9 Å². The van der Waals surface area contributed by atoms with Crippen molar-refractivity contribution in [2.45, 2.75) is 23.8 Å². The minimum atomic E-state index is -0.520. The Bertz CT molecular complexity index is 1380. The van der Waals surface area contributed by atoms with Gasteiger partial charge in [0.25, 0.3) is 5.56 Å². The Hall–Kier alpha value is -3.89. The number of rotatable bonds is 6. The minimum absolute atomic E-state index is 0.0470. The van der Waals surface area contributed by atoms with Gasteiger partial charge < -0.3 is 10.3 Å². The minimum Gasteiger partial charge on any atom is -0.325 e. The van der Waals surface area contributed by atoms with Crippen molar-refractivity contribution < 1.29 is 4.79 Å². The summed E-state index contributed by atoms with van der Waals surface area (Å²) in [5, 5.41) is 14.3. The summed E-state index contributed by atoms with van der Waals surface area (Å²) in [5.74, 6) is -0.180. The van der Waals surface area contributed by atoms with Gasteiger partial charge in [-0.15, -0.1) is 0 Å². The van der Waals surface area contributed by atoms with Gasteiger partial charge in [0.2, 0.25) is 5.91 Å². The lowest BCUT2D eigenvalue weighted by molar-refractivity contribution is -0.115. The van der Waals surface area contributed by atoms with Gasteiger partial charge in [0.05, 0.1) is 10.9 Å². The molecule has 7 heteroatoms. The molecule has 1 atom stereocenters. The Morgan fingerprint density at radius 1 is 1.09 bits per heavy atom. The molecule has 3 aromatic carbocycles. The van der Waals surface area contributed by atoms with Gasteiger partial charge in [-0.2, -0.15) is 5.26 Å². The highest BCUT2D eigenvalue weighted by molar-refractivity contribution is 8.00. The first-order valence-electron chi connectivity index (χ1n) is 10.1. The van der Waals surface area contributed by atoms with Crippen LogP contribution in [-0.2, 0) is 4.79 Å². The molecule has 0 bridgehead atoms. The van der Waals surface area contributed by atoms with Crippen molar-refractivity contribution in [3.8, 4) is 17.3 Å². The zero-order valence-electron chi connectivity index (χ0n) is 17.3. The van der Waals surface area contributed by atoms with Gasteiger partial charge in [0.1, 0.15) is 11.6 Å². The maximum Gasteiger partial charge on any atom is 0.270 e. The summed E-state index contributed by atoms with van der Waals surface area (Å²) in [6, 6.07) is 24.7. The third kappa shape index (κ3) is 4.56. The summed E-state index contributed by atoms with van der Waals surface area (Å²) in [6.45, 7) is 1.90. The SMILES string of the molecule is CC[C@H](Sc1nc(-c2ccccc2)c(C#N)c(=O)[nH]1)C(=O)Nc1ccc2ccccc2c1. The van der Waals surface area contributed by atoms with Crippen molar-refractivity contribution >= 4 is 34.1 Å². The second-order valence-corrected chi connectivity index (χ2v) is 8.33. The molecule has 1 aromatic heterocycles. The van der Waals surface area contributed by atoms with E-state index in [-0.39, 0.29) is 11.5 Å². The van der Waals surface area contributed by atoms with Gasteiger partial charge in [-0.25, -0.2) is 4.98 Å². The summed E-state index contributed by atoms with van der Waals surface area (Å²) >= 11 is 1.17. The molecule has 0 aliphatic carbocycles. The number of benzene rings is 3. The number of thioether (sulfide) groups is 1. The first-order valence-corrected chi connectivity index (χ1v) is 11.0. The molecule has 1 heterocycles. The Morgan fingerprint density at radius 3 is 2.53 bits per heavy atom. The summed E-state index contributed by atoms with van der Waals surface area (Å²) in [5.41, 5.74) is 1.12. The summed E-state index contributed by atoms with van der Waals surface area (Å²) in [4.78, 5) is 32.6. The molecule has 32 heavy (non-hydrogen) atoms. The molecular formula is C25H20N4O2S. The normalized spacial score (nSPS) is 11.6. The van der Waals surface area contributed by atoms with E-state index >= 15 is 0 Å². The molecule has 0 radical (unpaired) electrons. The van der Waals surface area contributed by atoms with Crippen molar-refractivity contribution in [2.24, 2.45) is 0 Å². The van der Waals surface area contributed by atoms with Crippen LogP contribution in [-0.4, -0.2) is 21.1 Å². The van der Waals surface area contributed by atoms with Crippen molar-refractivity contribution in [1.82, 2.24) is 9.97 Å². The van der Waals surface area contributed by atoms with Crippen LogP contribution in [0.25, 0.3) is 22.0 Å². The van der Waals surface area contributed by atoms with Gasteiger partial charge in [0.15, 0.2) is 5.16 Å². The highest BCUT2D eigenvalue weighted by Gasteiger charge is 2.21. The third-order valence-electron chi connectivity index (χ3n) is 4.99. The van der Waals surface area contributed by atoms with Crippen LogP contribution in [0.1, 0.15) is 18.9 Å². The molecular weight excluding hydrogens is 420 g/mol. The number of anilines is 1. The monoisotopic (exact) mass is 440 g/mol. The first kappa shape index (κ1) is 21.3. The van der Waals surface area contributed by atoms with E-state index in [9.17, 15) is 14.9 Å². The van der Waals surface area contributed by atoms with Crippen LogP contribution in [0.4, 0.5) is 5.69 Å². The van der Waals surface area contributed by atoms with Crippen molar-refractivity contribution in [3.05, 3.63) is 88.7 Å². The van der Waals surface area contributed by atoms with Crippen molar-refractivity contribution in [2.75, 3.05) is 5.32 Å². The van der Waals surface area contributed by atoms with E-state index in [2.05, 4.69) is 15.3 Å². The van der Waals surface area contributed by atoms with Gasteiger partial charge >= 0.3 is 0 Å². The predicted molar refractivity (Wildman–Crippen MR) is 128 cm³/mol. The van der Waals surface area contributed by atoms with Crippen LogP contribution in [0, 0.1) is 11.3 Å². The third-order valence-corrected chi connectivity index (χ3v) is 6.24. The van der Waals surface area contributed by atoms with Gasteiger partial charge in [-0.3, -0.25) is 9.59 Å². The smallest absolute Gasteiger partial charge is 0.270 e. The largest absolute Gasteiger partial charge is 0.325 e. The summed E-state index contributed by atoms with van der Waals surface area (Å²) in [7, 11) is 0. The van der Waals surface area contributed by atoms with Gasteiger partial charge in [-0.1, -0.05) is 79.3 Å². The quantitative estimate of drug-likeness (QED) is 0.326. The fraction of sp³-hybridized carbons (Fsp3) is 0.120. The molecule has 0 fully saturated rings. The lowest BCUT2D eigenvalue weighted by atomic mass is 10.1. The Kier molecular flexibility index (Phi) is 6.34. The maximum absolute atomic E-state index is 12.9. The number of hydrogen-bond acceptors (Lipinski definition) is 5.